The van der Waals surface area contributed by atoms with Gasteiger partial charge in [0, 0.05) is 19.1 Å². The van der Waals surface area contributed by atoms with Gasteiger partial charge < -0.3 is 4.74 Å². The third-order valence-electron chi connectivity index (χ3n) is 3.38. The Labute approximate surface area is 73.1 Å². The Morgan fingerprint density at radius 1 is 1.45 bits per heavy atom. The molecule has 0 aliphatic heterocycles. The highest BCUT2D eigenvalue weighted by atomic mass is 35.5. The topological polar surface area (TPSA) is 9.23 Å². The van der Waals surface area contributed by atoms with Crippen LogP contribution in [-0.2, 0) is 4.74 Å². The number of alkyl halides is 1. The Morgan fingerprint density at radius 3 is 2.73 bits per heavy atom. The van der Waals surface area contributed by atoms with Gasteiger partial charge in [0.05, 0.1) is 0 Å². The largest absolute Gasteiger partial charge is 0.384 e. The summed E-state index contributed by atoms with van der Waals surface area (Å²) in [4.78, 5) is 0. The highest BCUT2D eigenvalue weighted by Crippen LogP contribution is 2.51. The van der Waals surface area contributed by atoms with Crippen molar-refractivity contribution < 1.29 is 4.74 Å². The Hall–Kier alpha value is 0.250. The molecule has 0 saturated heterocycles. The van der Waals surface area contributed by atoms with Gasteiger partial charge in [-0.25, -0.2) is 0 Å². The molecule has 0 aromatic rings. The number of rotatable bonds is 2. The van der Waals surface area contributed by atoms with Crippen LogP contribution in [0.1, 0.15) is 19.3 Å². The molecule has 0 aromatic heterocycles. The molecule has 11 heavy (non-hydrogen) atoms. The highest BCUT2D eigenvalue weighted by molar-refractivity contribution is 6.21. The van der Waals surface area contributed by atoms with E-state index in [1.807, 2.05) is 0 Å². The van der Waals surface area contributed by atoms with E-state index in [1.54, 1.807) is 7.11 Å². The first-order chi connectivity index (χ1) is 5.33. The van der Waals surface area contributed by atoms with Gasteiger partial charge >= 0.3 is 0 Å². The maximum Gasteiger partial charge on any atom is 0.0496 e. The molecule has 2 fully saturated rings. The Morgan fingerprint density at radius 2 is 2.27 bits per heavy atom. The van der Waals surface area contributed by atoms with E-state index in [1.165, 1.54) is 19.3 Å². The van der Waals surface area contributed by atoms with E-state index in [0.29, 0.717) is 5.38 Å². The third-order valence-corrected chi connectivity index (χ3v) is 3.88. The Kier molecular flexibility index (Phi) is 2.11. The van der Waals surface area contributed by atoms with Crippen molar-refractivity contribution in [3.8, 4) is 0 Å². The van der Waals surface area contributed by atoms with Gasteiger partial charge in [-0.1, -0.05) is 0 Å². The number of fused-ring (bicyclic) bond motifs is 2. The first kappa shape index (κ1) is 7.88. The lowest BCUT2D eigenvalue weighted by Gasteiger charge is -2.15. The lowest BCUT2D eigenvalue weighted by molar-refractivity contribution is 0.131. The first-order valence-corrected chi connectivity index (χ1v) is 4.89. The minimum absolute atomic E-state index is 0.453. The zero-order valence-electron chi connectivity index (χ0n) is 6.92. The molecule has 2 aliphatic carbocycles. The van der Waals surface area contributed by atoms with Crippen LogP contribution in [0.2, 0.25) is 0 Å². The van der Waals surface area contributed by atoms with Gasteiger partial charge in [-0.15, -0.1) is 11.6 Å². The van der Waals surface area contributed by atoms with Gasteiger partial charge in [0.2, 0.25) is 0 Å². The second-order valence-electron chi connectivity index (χ2n) is 3.87. The summed E-state index contributed by atoms with van der Waals surface area (Å²) in [6.45, 7) is 0.929. The molecule has 2 rings (SSSR count). The minimum Gasteiger partial charge on any atom is -0.384 e. The van der Waals surface area contributed by atoms with Gasteiger partial charge in [-0.05, 0) is 37.0 Å². The van der Waals surface area contributed by atoms with Crippen LogP contribution in [-0.4, -0.2) is 19.1 Å². The van der Waals surface area contributed by atoms with Crippen LogP contribution in [0.25, 0.3) is 0 Å². The molecule has 2 bridgehead atoms. The molecule has 2 saturated carbocycles. The van der Waals surface area contributed by atoms with E-state index in [9.17, 15) is 0 Å². The van der Waals surface area contributed by atoms with E-state index >= 15 is 0 Å². The van der Waals surface area contributed by atoms with Crippen molar-refractivity contribution in [2.24, 2.45) is 17.8 Å². The van der Waals surface area contributed by atoms with Crippen LogP contribution in [0, 0.1) is 17.8 Å². The third kappa shape index (κ3) is 1.19. The van der Waals surface area contributed by atoms with E-state index in [-0.39, 0.29) is 0 Å². The highest BCUT2D eigenvalue weighted by Gasteiger charge is 2.46. The van der Waals surface area contributed by atoms with Gasteiger partial charge in [0.25, 0.3) is 0 Å². The molecular weight excluding hydrogens is 160 g/mol. The number of ether oxygens (including phenoxy) is 1. The van der Waals surface area contributed by atoms with Gasteiger partial charge in [0.15, 0.2) is 0 Å². The average Bonchev–Trinajstić information content (AvgIpc) is 2.46. The van der Waals surface area contributed by atoms with Crippen LogP contribution >= 0.6 is 11.6 Å². The van der Waals surface area contributed by atoms with Crippen LogP contribution < -0.4 is 0 Å². The maximum absolute atomic E-state index is 6.18. The summed E-state index contributed by atoms with van der Waals surface area (Å²) >= 11 is 6.18. The van der Waals surface area contributed by atoms with Gasteiger partial charge in [0.1, 0.15) is 0 Å². The summed E-state index contributed by atoms with van der Waals surface area (Å²) < 4.78 is 5.20. The molecular formula is C9H15ClO. The fourth-order valence-electron chi connectivity index (χ4n) is 2.84. The van der Waals surface area contributed by atoms with Crippen molar-refractivity contribution in [3.05, 3.63) is 0 Å². The second kappa shape index (κ2) is 2.95. The molecule has 4 atom stereocenters. The standard InChI is InChI=1S/C9H15ClO/c1-11-5-8-6-2-3-7(8)9(10)4-6/h6-9H,2-5H2,1H3. The normalized spacial score (nSPS) is 48.5. The fraction of sp³-hybridized carbons (Fsp3) is 1.00. The molecule has 1 nitrogen and oxygen atoms in total. The van der Waals surface area contributed by atoms with E-state index in [2.05, 4.69) is 0 Å². The molecule has 0 heterocycles. The molecule has 2 aliphatic rings. The Balaban J connectivity index is 2.01. The van der Waals surface area contributed by atoms with E-state index < -0.39 is 0 Å². The molecule has 0 N–H and O–H groups in total. The number of hydrogen-bond donors (Lipinski definition) is 0. The first-order valence-electron chi connectivity index (χ1n) is 4.46. The van der Waals surface area contributed by atoms with Crippen molar-refractivity contribution in [2.75, 3.05) is 13.7 Å². The average molecular weight is 175 g/mol. The van der Waals surface area contributed by atoms with Crippen LogP contribution in [0.4, 0.5) is 0 Å². The van der Waals surface area contributed by atoms with Gasteiger partial charge in [-0.3, -0.25) is 0 Å². The molecule has 0 amide bonds. The van der Waals surface area contributed by atoms with Crippen molar-refractivity contribution in [1.82, 2.24) is 0 Å². The summed E-state index contributed by atoms with van der Waals surface area (Å²) in [5, 5.41) is 0.453. The summed E-state index contributed by atoms with van der Waals surface area (Å²) in [7, 11) is 1.79. The molecule has 64 valence electrons. The predicted molar refractivity (Wildman–Crippen MR) is 45.8 cm³/mol. The zero-order chi connectivity index (χ0) is 7.84. The molecule has 0 spiro atoms. The van der Waals surface area contributed by atoms with Crippen molar-refractivity contribution >= 4 is 11.6 Å². The van der Waals surface area contributed by atoms with Crippen molar-refractivity contribution in [2.45, 2.75) is 24.6 Å². The zero-order valence-corrected chi connectivity index (χ0v) is 7.68. The maximum atomic E-state index is 6.18. The van der Waals surface area contributed by atoms with Crippen LogP contribution in [0.5, 0.6) is 0 Å². The SMILES string of the molecule is COCC1C2CCC1C(Cl)C2. The Bertz CT molecular complexity index is 148. The summed E-state index contributed by atoms with van der Waals surface area (Å²) in [6.07, 6.45) is 3.97. The van der Waals surface area contributed by atoms with E-state index in [0.717, 1.165) is 24.4 Å². The monoisotopic (exact) mass is 174 g/mol. The minimum atomic E-state index is 0.453. The van der Waals surface area contributed by atoms with E-state index in [4.69, 9.17) is 16.3 Å². The van der Waals surface area contributed by atoms with Gasteiger partial charge in [-0.2, -0.15) is 0 Å². The number of halogens is 1. The smallest absolute Gasteiger partial charge is 0.0496 e. The molecule has 0 aromatic carbocycles. The van der Waals surface area contributed by atoms with Crippen LogP contribution in [0.15, 0.2) is 0 Å². The van der Waals surface area contributed by atoms with Crippen molar-refractivity contribution in [1.29, 1.82) is 0 Å². The number of methoxy groups -OCH3 is 1. The summed E-state index contributed by atoms with van der Waals surface area (Å²) in [5.41, 5.74) is 0. The van der Waals surface area contributed by atoms with Crippen LogP contribution in [0.3, 0.4) is 0 Å². The molecule has 2 heteroatoms. The summed E-state index contributed by atoms with van der Waals surface area (Å²) in [6, 6.07) is 0. The molecule has 4 unspecified atom stereocenters. The van der Waals surface area contributed by atoms with Crippen molar-refractivity contribution in [3.63, 3.8) is 0 Å². The molecule has 0 radical (unpaired) electrons. The fourth-order valence-corrected chi connectivity index (χ4v) is 3.38. The number of hydrogen-bond acceptors (Lipinski definition) is 1. The predicted octanol–water partition coefficient (Wildman–Crippen LogP) is 2.29. The lowest BCUT2D eigenvalue weighted by atomic mass is 9.99. The quantitative estimate of drug-likeness (QED) is 0.584. The lowest BCUT2D eigenvalue weighted by Crippen LogP contribution is -2.15. The second-order valence-corrected chi connectivity index (χ2v) is 4.43. The summed E-state index contributed by atoms with van der Waals surface area (Å²) in [5.74, 6) is 2.42.